The SMILES string of the molecule is Cc1ccccc1-c1cc(NC(=O)c2cn(Cc3ccccc3)nn2)n(Cc2ccccc2)n1. The van der Waals surface area contributed by atoms with Gasteiger partial charge in [-0.25, -0.2) is 9.36 Å². The molecule has 1 N–H and O–H groups in total. The minimum Gasteiger partial charge on any atom is -0.305 e. The molecule has 0 fully saturated rings. The zero-order valence-corrected chi connectivity index (χ0v) is 18.8. The van der Waals surface area contributed by atoms with E-state index < -0.39 is 0 Å². The van der Waals surface area contributed by atoms with Gasteiger partial charge in [0.05, 0.1) is 25.0 Å². The van der Waals surface area contributed by atoms with E-state index in [-0.39, 0.29) is 11.6 Å². The molecule has 3 aromatic carbocycles. The molecule has 0 unspecified atom stereocenters. The van der Waals surface area contributed by atoms with Crippen molar-refractivity contribution in [1.29, 1.82) is 0 Å². The molecule has 2 aromatic heterocycles. The maximum absolute atomic E-state index is 13.0. The minimum absolute atomic E-state index is 0.251. The lowest BCUT2D eigenvalue weighted by molar-refractivity contribution is 0.102. The monoisotopic (exact) mass is 448 g/mol. The summed E-state index contributed by atoms with van der Waals surface area (Å²) in [4.78, 5) is 13.0. The van der Waals surface area contributed by atoms with Crippen molar-refractivity contribution < 1.29 is 4.79 Å². The van der Waals surface area contributed by atoms with Crippen molar-refractivity contribution in [1.82, 2.24) is 24.8 Å². The molecule has 168 valence electrons. The first-order valence-electron chi connectivity index (χ1n) is 11.1. The molecule has 0 saturated heterocycles. The highest BCUT2D eigenvalue weighted by Crippen LogP contribution is 2.26. The summed E-state index contributed by atoms with van der Waals surface area (Å²) < 4.78 is 3.47. The fourth-order valence-corrected chi connectivity index (χ4v) is 3.82. The Hall–Kier alpha value is -4.52. The number of aryl methyl sites for hydroxylation is 1. The third kappa shape index (κ3) is 4.78. The van der Waals surface area contributed by atoms with Gasteiger partial charge in [-0.05, 0) is 23.6 Å². The van der Waals surface area contributed by atoms with E-state index in [0.717, 1.165) is 27.9 Å². The molecular weight excluding hydrogens is 424 g/mol. The molecule has 0 radical (unpaired) electrons. The van der Waals surface area contributed by atoms with Crippen molar-refractivity contribution >= 4 is 11.7 Å². The Kier molecular flexibility index (Phi) is 5.99. The van der Waals surface area contributed by atoms with Gasteiger partial charge in [-0.1, -0.05) is 90.1 Å². The summed E-state index contributed by atoms with van der Waals surface area (Å²) in [7, 11) is 0. The second-order valence-electron chi connectivity index (χ2n) is 8.11. The molecule has 0 saturated carbocycles. The summed E-state index contributed by atoms with van der Waals surface area (Å²) >= 11 is 0. The molecule has 1 amide bonds. The van der Waals surface area contributed by atoms with Gasteiger partial charge in [0.2, 0.25) is 0 Å². The molecule has 0 bridgehead atoms. The highest BCUT2D eigenvalue weighted by atomic mass is 16.2. The van der Waals surface area contributed by atoms with Crippen molar-refractivity contribution in [2.45, 2.75) is 20.0 Å². The predicted molar refractivity (Wildman–Crippen MR) is 131 cm³/mol. The number of nitrogens with one attached hydrogen (secondary N) is 1. The molecule has 0 spiro atoms. The van der Waals surface area contributed by atoms with Crippen LogP contribution in [0.15, 0.2) is 97.2 Å². The van der Waals surface area contributed by atoms with Crippen LogP contribution in [0.5, 0.6) is 0 Å². The summed E-state index contributed by atoms with van der Waals surface area (Å²) in [5.41, 5.74) is 5.37. The van der Waals surface area contributed by atoms with Crippen LogP contribution >= 0.6 is 0 Å². The average molecular weight is 449 g/mol. The Morgan fingerprint density at radius 3 is 2.21 bits per heavy atom. The van der Waals surface area contributed by atoms with E-state index in [0.29, 0.717) is 18.9 Å². The second kappa shape index (κ2) is 9.54. The first-order valence-corrected chi connectivity index (χ1v) is 11.1. The Morgan fingerprint density at radius 1 is 0.853 bits per heavy atom. The van der Waals surface area contributed by atoms with Crippen molar-refractivity contribution in [3.05, 3.63) is 120 Å². The van der Waals surface area contributed by atoms with Crippen LogP contribution in [0.25, 0.3) is 11.3 Å². The Balaban J connectivity index is 1.41. The molecule has 34 heavy (non-hydrogen) atoms. The van der Waals surface area contributed by atoms with E-state index in [1.54, 1.807) is 10.9 Å². The van der Waals surface area contributed by atoms with Gasteiger partial charge < -0.3 is 5.32 Å². The van der Waals surface area contributed by atoms with Crippen LogP contribution < -0.4 is 5.32 Å². The summed E-state index contributed by atoms with van der Waals surface area (Å²) in [6.45, 7) is 3.13. The number of benzene rings is 3. The molecule has 5 rings (SSSR count). The van der Waals surface area contributed by atoms with E-state index in [1.165, 1.54) is 0 Å². The number of hydrogen-bond acceptors (Lipinski definition) is 4. The van der Waals surface area contributed by atoms with Crippen LogP contribution in [0.1, 0.15) is 27.2 Å². The predicted octanol–water partition coefficient (Wildman–Crippen LogP) is 4.80. The lowest BCUT2D eigenvalue weighted by atomic mass is 10.1. The van der Waals surface area contributed by atoms with Crippen LogP contribution in [0.2, 0.25) is 0 Å². The van der Waals surface area contributed by atoms with Gasteiger partial charge >= 0.3 is 0 Å². The molecular formula is C27H24N6O. The van der Waals surface area contributed by atoms with Gasteiger partial charge in [-0.3, -0.25) is 4.79 Å². The molecule has 0 aliphatic carbocycles. The minimum atomic E-state index is -0.329. The van der Waals surface area contributed by atoms with Gasteiger partial charge in [0.15, 0.2) is 5.69 Å². The topological polar surface area (TPSA) is 77.6 Å². The third-order valence-electron chi connectivity index (χ3n) is 5.58. The van der Waals surface area contributed by atoms with E-state index in [4.69, 9.17) is 5.10 Å². The van der Waals surface area contributed by atoms with Crippen LogP contribution in [0.4, 0.5) is 5.82 Å². The number of nitrogens with zero attached hydrogens (tertiary/aromatic N) is 5. The quantitative estimate of drug-likeness (QED) is 0.388. The summed E-state index contributed by atoms with van der Waals surface area (Å²) in [5, 5.41) is 16.0. The zero-order valence-electron chi connectivity index (χ0n) is 18.8. The van der Waals surface area contributed by atoms with Crippen molar-refractivity contribution in [3.63, 3.8) is 0 Å². The number of carbonyl (C=O) groups is 1. The van der Waals surface area contributed by atoms with E-state index in [9.17, 15) is 4.79 Å². The summed E-state index contributed by atoms with van der Waals surface area (Å²) in [6.07, 6.45) is 1.66. The summed E-state index contributed by atoms with van der Waals surface area (Å²) in [5.74, 6) is 0.273. The summed E-state index contributed by atoms with van der Waals surface area (Å²) in [6, 6.07) is 29.9. The van der Waals surface area contributed by atoms with Crippen LogP contribution in [-0.2, 0) is 13.1 Å². The lowest BCUT2D eigenvalue weighted by Crippen LogP contribution is -2.16. The number of carbonyl (C=O) groups excluding carboxylic acids is 1. The van der Waals surface area contributed by atoms with Gasteiger partial charge in [0.1, 0.15) is 5.82 Å². The van der Waals surface area contributed by atoms with E-state index in [1.807, 2.05) is 89.6 Å². The second-order valence-corrected chi connectivity index (χ2v) is 8.11. The fourth-order valence-electron chi connectivity index (χ4n) is 3.82. The number of amides is 1. The maximum atomic E-state index is 13.0. The van der Waals surface area contributed by atoms with E-state index >= 15 is 0 Å². The third-order valence-corrected chi connectivity index (χ3v) is 5.58. The highest BCUT2D eigenvalue weighted by Gasteiger charge is 2.17. The number of aromatic nitrogens is 5. The van der Waals surface area contributed by atoms with Gasteiger partial charge in [-0.2, -0.15) is 5.10 Å². The number of rotatable bonds is 7. The number of hydrogen-bond donors (Lipinski definition) is 1. The zero-order chi connectivity index (χ0) is 23.3. The van der Waals surface area contributed by atoms with Crippen molar-refractivity contribution in [2.24, 2.45) is 0 Å². The first-order chi connectivity index (χ1) is 16.7. The fraction of sp³-hybridized carbons (Fsp3) is 0.111. The van der Waals surface area contributed by atoms with Crippen LogP contribution in [0, 0.1) is 6.92 Å². The van der Waals surface area contributed by atoms with E-state index in [2.05, 4.69) is 28.6 Å². The molecule has 0 aliphatic rings. The van der Waals surface area contributed by atoms with Crippen molar-refractivity contribution in [3.8, 4) is 11.3 Å². The van der Waals surface area contributed by atoms with Gasteiger partial charge in [0, 0.05) is 11.6 Å². The lowest BCUT2D eigenvalue weighted by Gasteiger charge is -2.08. The van der Waals surface area contributed by atoms with Crippen LogP contribution in [0.3, 0.4) is 0 Å². The molecule has 2 heterocycles. The maximum Gasteiger partial charge on any atom is 0.278 e. The molecule has 0 aliphatic heterocycles. The molecule has 7 heteroatoms. The Bertz CT molecular complexity index is 1410. The molecule has 7 nitrogen and oxygen atoms in total. The molecule has 5 aromatic rings. The first kappa shape index (κ1) is 21.3. The largest absolute Gasteiger partial charge is 0.305 e. The van der Waals surface area contributed by atoms with Gasteiger partial charge in [0.25, 0.3) is 5.91 Å². The van der Waals surface area contributed by atoms with Crippen LogP contribution in [-0.4, -0.2) is 30.7 Å². The normalized spacial score (nSPS) is 10.9. The highest BCUT2D eigenvalue weighted by molar-refractivity contribution is 6.02. The Labute approximate surface area is 197 Å². The Morgan fingerprint density at radius 2 is 1.50 bits per heavy atom. The average Bonchev–Trinajstić information content (AvgIpc) is 3.48. The molecule has 0 atom stereocenters. The van der Waals surface area contributed by atoms with Crippen molar-refractivity contribution in [2.75, 3.05) is 5.32 Å². The number of anilines is 1. The standard InChI is InChI=1S/C27H24N6O/c1-20-10-8-9-15-23(20)24-16-26(33(30-24)18-22-13-6-3-7-14-22)28-27(34)25-19-32(31-29-25)17-21-11-4-2-5-12-21/h2-16,19H,17-18H2,1H3,(H,28,34). The van der Waals surface area contributed by atoms with Gasteiger partial charge in [-0.15, -0.1) is 5.10 Å². The smallest absolute Gasteiger partial charge is 0.278 e.